The van der Waals surface area contributed by atoms with Crippen LogP contribution in [0.5, 0.6) is 0 Å². The minimum Gasteiger partial charge on any atom is -0.550 e. The Bertz CT molecular complexity index is 2340. The summed E-state index contributed by atoms with van der Waals surface area (Å²) >= 11 is 8.03. The van der Waals surface area contributed by atoms with Crippen molar-refractivity contribution in [2.75, 3.05) is 20.6 Å². The van der Waals surface area contributed by atoms with Gasteiger partial charge in [0.25, 0.3) is 0 Å². The first-order chi connectivity index (χ1) is 35.0. The molecule has 0 aromatic heterocycles. The molecule has 2 aromatic rings. The van der Waals surface area contributed by atoms with E-state index in [2.05, 4.69) is 82.2 Å². The molecule has 3 N–H and O–H groups in total. The molecule has 6 heterocycles. The van der Waals surface area contributed by atoms with Crippen LogP contribution < -0.4 is 34.7 Å². The number of carbonyl (C=O) groups is 2. The Morgan fingerprint density at radius 1 is 0.908 bits per heavy atom. The summed E-state index contributed by atoms with van der Waals surface area (Å²) in [7, 11) is 4.21. The van der Waals surface area contributed by atoms with Gasteiger partial charge >= 0.3 is 29.6 Å². The zero-order valence-electron chi connectivity index (χ0n) is 47.6. The van der Waals surface area contributed by atoms with Crippen molar-refractivity contribution in [2.45, 2.75) is 215 Å². The molecule has 12 nitrogen and oxygen atoms in total. The second-order valence-corrected chi connectivity index (χ2v) is 24.9. The van der Waals surface area contributed by atoms with Crippen LogP contribution in [0.3, 0.4) is 0 Å². The van der Waals surface area contributed by atoms with E-state index in [1.165, 1.54) is 26.5 Å². The fraction of sp³-hybridized carbons (Fsp3) is 0.700. The number of hydrogen-bond acceptors (Lipinski definition) is 13. The normalized spacial score (nSPS) is 36.4. The van der Waals surface area contributed by atoms with E-state index in [9.17, 15) is 30.0 Å². The standard InChI is InChI=1S/C42H70O11.C18H18ClNS.ClH.Na/c1-11-29(38(46)47)31-15-14-23(4)36(50-31)27(8)34(44)26(7)35(45)30(12-2)37-24(5)22-25(6)41(51-37)19-16-32(43)42(53-41)21-20-39(10,52-42)33-17-18-40(48,13-3)28(9)49-33;1-20(2)11-5-7-14-15-6-3-4-8-17(15)21-18-10-9-13(19)12-16(14)18;;/h16,19,23-34,36-37,43-44,48H,11-15,17-18,20-22H2,1-10H3,(H,46,47);3-4,6-10,12H,5,11H2,1-2H3;1H;/q;;;+1/p-1. The second kappa shape index (κ2) is 27.1. The van der Waals surface area contributed by atoms with E-state index in [4.69, 9.17) is 35.3 Å². The summed E-state index contributed by atoms with van der Waals surface area (Å²) in [6.45, 7) is 20.6. The van der Waals surface area contributed by atoms with Gasteiger partial charge in [0.2, 0.25) is 5.79 Å². The molecule has 2 aromatic carbocycles. The smallest absolute Gasteiger partial charge is 0.550 e. The molecule has 0 saturated carbocycles. The Labute approximate surface area is 491 Å². The predicted molar refractivity (Wildman–Crippen MR) is 296 cm³/mol. The summed E-state index contributed by atoms with van der Waals surface area (Å²) in [6, 6.07) is 14.8. The Hall–Kier alpha value is -1.37. The molecule has 0 bridgehead atoms. The number of ketones is 1. The molecule has 0 aliphatic carbocycles. The molecule has 4 fully saturated rings. The maximum Gasteiger partial charge on any atom is 1.00 e. The van der Waals surface area contributed by atoms with Crippen molar-refractivity contribution in [3.05, 3.63) is 76.8 Å². The molecule has 0 radical (unpaired) electrons. The summed E-state index contributed by atoms with van der Waals surface area (Å²) in [5.41, 5.74) is 2.24. The number of ether oxygens (including phenoxy) is 5. The van der Waals surface area contributed by atoms with Crippen molar-refractivity contribution < 1.29 is 83.3 Å². The Kier molecular flexibility index (Phi) is 23.4. The summed E-state index contributed by atoms with van der Waals surface area (Å²) in [5.74, 6) is -6.24. The molecule has 18 unspecified atom stereocenters. The van der Waals surface area contributed by atoms with Crippen LogP contribution in [0.4, 0.5) is 0 Å². The van der Waals surface area contributed by atoms with Crippen LogP contribution in [-0.4, -0.2) is 118 Å². The molecule has 76 heavy (non-hydrogen) atoms. The molecule has 0 amide bonds. The maximum absolute atomic E-state index is 14.4. The molecule has 2 spiro atoms. The molecular weight excluding hydrogens is 1040 g/mol. The average molecular weight is 1130 g/mol. The van der Waals surface area contributed by atoms with Gasteiger partial charge in [-0.2, -0.15) is 0 Å². The number of fused-ring (bicyclic) bond motifs is 2. The van der Waals surface area contributed by atoms with Crippen LogP contribution >= 0.6 is 35.8 Å². The van der Waals surface area contributed by atoms with Gasteiger partial charge in [-0.05, 0) is 157 Å². The zero-order chi connectivity index (χ0) is 54.1. The van der Waals surface area contributed by atoms with Gasteiger partial charge in [0.1, 0.15) is 11.9 Å². The first-order valence-corrected chi connectivity index (χ1v) is 29.0. The van der Waals surface area contributed by atoms with Gasteiger partial charge in [-0.3, -0.25) is 4.79 Å². The van der Waals surface area contributed by atoms with Crippen molar-refractivity contribution in [3.8, 4) is 0 Å². The minimum atomic E-state index is -1.37. The summed E-state index contributed by atoms with van der Waals surface area (Å²) in [4.78, 5) is 31.1. The number of halogens is 2. The van der Waals surface area contributed by atoms with Gasteiger partial charge < -0.3 is 53.8 Å². The number of aliphatic carboxylic acids is 1. The summed E-state index contributed by atoms with van der Waals surface area (Å²) in [5, 5.41) is 46.8. The second-order valence-electron chi connectivity index (χ2n) is 23.3. The fourth-order valence-corrected chi connectivity index (χ4v) is 14.3. The quantitative estimate of drug-likeness (QED) is 0.101. The Balaban J connectivity index is 0.000000386. The van der Waals surface area contributed by atoms with E-state index in [-0.39, 0.29) is 77.7 Å². The molecule has 6 aliphatic heterocycles. The molecule has 420 valence electrons. The van der Waals surface area contributed by atoms with Gasteiger partial charge in [0.15, 0.2) is 5.79 Å². The minimum absolute atomic E-state index is 0. The van der Waals surface area contributed by atoms with E-state index < -0.39 is 82.9 Å². The van der Waals surface area contributed by atoms with Gasteiger partial charge in [-0.1, -0.05) is 103 Å². The number of carbonyl (C=O) groups excluding carboxylic acids is 2. The molecule has 8 rings (SSSR count). The number of rotatable bonds is 15. The molecule has 16 heteroatoms. The van der Waals surface area contributed by atoms with Crippen molar-refractivity contribution in [2.24, 2.45) is 41.4 Å². The third-order valence-corrected chi connectivity index (χ3v) is 19.4. The third-order valence-electron chi connectivity index (χ3n) is 18.0. The number of benzene rings is 2. The zero-order valence-corrected chi connectivity index (χ0v) is 52.0. The predicted octanol–water partition coefficient (Wildman–Crippen LogP) is 7.47. The topological polar surface area (TPSA) is 167 Å². The number of aliphatic hydroxyl groups is 3. The van der Waals surface area contributed by atoms with Crippen LogP contribution in [0.2, 0.25) is 5.02 Å². The monoisotopic (exact) mass is 1120 g/mol. The van der Waals surface area contributed by atoms with Crippen molar-refractivity contribution in [3.63, 3.8) is 0 Å². The summed E-state index contributed by atoms with van der Waals surface area (Å²) in [6.07, 6.45) is 8.60. The van der Waals surface area contributed by atoms with Crippen LogP contribution in [0.25, 0.3) is 5.57 Å². The van der Waals surface area contributed by atoms with E-state index >= 15 is 0 Å². The van der Waals surface area contributed by atoms with Crippen molar-refractivity contribution >= 4 is 53.1 Å². The van der Waals surface area contributed by atoms with Crippen LogP contribution in [0.1, 0.15) is 151 Å². The van der Waals surface area contributed by atoms with Crippen LogP contribution in [-0.2, 0) is 33.3 Å². The van der Waals surface area contributed by atoms with Gasteiger partial charge in [-0.15, -0.1) is 12.4 Å². The third kappa shape index (κ3) is 13.7. The molecule has 18 atom stereocenters. The SMILES string of the molecule is CCC(C(=O)[O-])C1CCC(C)C(C(C)C(O)C(C)C(=O)C(CC)C2OC3(C=CC(O)C4(CCC(C)(C5CCC(O)(CC)C(C)O5)O4)O3)C(C)CC2C)O1.CN(C)CCC=C1c2ccccc2Sc2ccc(Cl)cc21.Cl.[Na+]. The van der Waals surface area contributed by atoms with E-state index in [1.807, 2.05) is 59.4 Å². The number of hydrogen-bond donors (Lipinski definition) is 3. The first-order valence-electron chi connectivity index (χ1n) is 27.8. The van der Waals surface area contributed by atoms with E-state index in [1.54, 1.807) is 19.1 Å². The van der Waals surface area contributed by atoms with E-state index in [0.29, 0.717) is 57.8 Å². The molecule has 4 saturated heterocycles. The first kappa shape index (κ1) is 65.4. The van der Waals surface area contributed by atoms with Crippen molar-refractivity contribution in [1.82, 2.24) is 4.90 Å². The van der Waals surface area contributed by atoms with Crippen molar-refractivity contribution in [1.29, 1.82) is 0 Å². The number of nitrogens with zero attached hydrogens (tertiary/aromatic N) is 1. The Morgan fingerprint density at radius 2 is 1.59 bits per heavy atom. The van der Waals surface area contributed by atoms with Crippen LogP contribution in [0, 0.1) is 41.4 Å². The van der Waals surface area contributed by atoms with Gasteiger partial charge in [0.05, 0.1) is 47.8 Å². The largest absolute Gasteiger partial charge is 1.00 e. The van der Waals surface area contributed by atoms with E-state index in [0.717, 1.165) is 24.4 Å². The summed E-state index contributed by atoms with van der Waals surface area (Å²) < 4.78 is 33.4. The van der Waals surface area contributed by atoms with Crippen LogP contribution in [0.15, 0.2) is 70.5 Å². The average Bonchev–Trinajstić information content (AvgIpc) is 3.72. The fourth-order valence-electron chi connectivity index (χ4n) is 13.0. The molecular formula is C60H88Cl2NNaO11S. The number of aliphatic hydroxyl groups excluding tert-OH is 2. The van der Waals surface area contributed by atoms with Gasteiger partial charge in [0, 0.05) is 63.3 Å². The number of Topliss-reactive ketones (excluding diaryl/α,β-unsaturated/α-hetero) is 1. The Morgan fingerprint density at radius 3 is 2.24 bits per heavy atom. The van der Waals surface area contributed by atoms with Gasteiger partial charge in [-0.25, -0.2) is 0 Å². The molecule has 6 aliphatic rings. The maximum atomic E-state index is 14.4. The number of carboxylic acid groups (broad SMARTS) is 1. The number of carboxylic acids is 1.